The van der Waals surface area contributed by atoms with Gasteiger partial charge in [0.05, 0.1) is 19.2 Å². The van der Waals surface area contributed by atoms with Crippen LogP contribution in [0.5, 0.6) is 11.5 Å². The number of amides is 2. The molecule has 1 heterocycles. The van der Waals surface area contributed by atoms with E-state index in [1.165, 1.54) is 9.80 Å². The maximum atomic E-state index is 12.6. The molecule has 124 valence electrons. The highest BCUT2D eigenvalue weighted by atomic mass is 16.5. The van der Waals surface area contributed by atoms with Crippen molar-refractivity contribution in [2.45, 2.75) is 6.92 Å². The Bertz CT molecular complexity index is 637. The van der Waals surface area contributed by atoms with Crippen LogP contribution in [0, 0.1) is 0 Å². The highest BCUT2D eigenvalue weighted by Crippen LogP contribution is 2.35. The molecule has 0 radical (unpaired) electrons. The highest BCUT2D eigenvalue weighted by Gasteiger charge is 2.24. The molecule has 0 saturated carbocycles. The van der Waals surface area contributed by atoms with Gasteiger partial charge in [0.25, 0.3) is 5.91 Å². The summed E-state index contributed by atoms with van der Waals surface area (Å²) in [4.78, 5) is 27.5. The van der Waals surface area contributed by atoms with Crippen molar-refractivity contribution in [1.29, 1.82) is 0 Å². The van der Waals surface area contributed by atoms with E-state index in [2.05, 4.69) is 0 Å². The number of rotatable bonds is 5. The standard InChI is InChI=1S/C17H22N2O4/c1-5-19(10-15(20)18(2)3)17(21)13-9-12-7-6-8-14(22-4)16(12)23-11-13/h6-9H,5,10-11H2,1-4H3. The zero-order valence-corrected chi connectivity index (χ0v) is 14.0. The number of carbonyl (C=O) groups is 2. The molecule has 1 aromatic carbocycles. The minimum absolute atomic E-state index is 0.0602. The zero-order valence-electron chi connectivity index (χ0n) is 14.0. The Kier molecular flexibility index (Phi) is 5.26. The van der Waals surface area contributed by atoms with Gasteiger partial charge in [-0.3, -0.25) is 9.59 Å². The predicted molar refractivity (Wildman–Crippen MR) is 87.4 cm³/mol. The van der Waals surface area contributed by atoms with Gasteiger partial charge in [-0.2, -0.15) is 0 Å². The number of para-hydroxylation sites is 1. The van der Waals surface area contributed by atoms with Crippen molar-refractivity contribution in [2.75, 3.05) is 40.9 Å². The Morgan fingerprint density at radius 3 is 2.65 bits per heavy atom. The highest BCUT2D eigenvalue weighted by molar-refractivity contribution is 6.00. The van der Waals surface area contributed by atoms with E-state index < -0.39 is 0 Å². The third-order valence-electron chi connectivity index (χ3n) is 3.70. The fourth-order valence-corrected chi connectivity index (χ4v) is 2.30. The van der Waals surface area contributed by atoms with Gasteiger partial charge < -0.3 is 19.3 Å². The molecule has 0 atom stereocenters. The second-order valence-corrected chi connectivity index (χ2v) is 5.44. The SMILES string of the molecule is CCN(CC(=O)N(C)C)C(=O)C1=Cc2cccc(OC)c2OC1. The zero-order chi connectivity index (χ0) is 17.0. The van der Waals surface area contributed by atoms with Gasteiger partial charge in [0.1, 0.15) is 6.61 Å². The molecule has 0 unspecified atom stereocenters. The van der Waals surface area contributed by atoms with E-state index in [0.29, 0.717) is 23.6 Å². The summed E-state index contributed by atoms with van der Waals surface area (Å²) < 4.78 is 10.9. The number of ether oxygens (including phenoxy) is 2. The summed E-state index contributed by atoms with van der Waals surface area (Å²) in [5.41, 5.74) is 1.33. The summed E-state index contributed by atoms with van der Waals surface area (Å²) in [6.45, 7) is 2.53. The van der Waals surface area contributed by atoms with Crippen LogP contribution < -0.4 is 9.47 Å². The first-order valence-corrected chi connectivity index (χ1v) is 7.47. The van der Waals surface area contributed by atoms with Crippen LogP contribution in [0.2, 0.25) is 0 Å². The van der Waals surface area contributed by atoms with E-state index in [4.69, 9.17) is 9.47 Å². The van der Waals surface area contributed by atoms with Gasteiger partial charge >= 0.3 is 0 Å². The van der Waals surface area contributed by atoms with Crippen molar-refractivity contribution in [3.05, 3.63) is 29.3 Å². The lowest BCUT2D eigenvalue weighted by Gasteiger charge is -2.25. The molecule has 2 rings (SSSR count). The molecule has 1 aliphatic heterocycles. The number of nitrogens with zero attached hydrogens (tertiary/aromatic N) is 2. The van der Waals surface area contributed by atoms with Gasteiger partial charge in [0.2, 0.25) is 5.91 Å². The average molecular weight is 318 g/mol. The van der Waals surface area contributed by atoms with Crippen LogP contribution in [-0.4, -0.2) is 62.5 Å². The molecule has 1 aliphatic rings. The van der Waals surface area contributed by atoms with Gasteiger partial charge in [-0.1, -0.05) is 12.1 Å². The third-order valence-corrected chi connectivity index (χ3v) is 3.70. The van der Waals surface area contributed by atoms with Gasteiger partial charge in [-0.15, -0.1) is 0 Å². The van der Waals surface area contributed by atoms with Gasteiger partial charge in [0.15, 0.2) is 11.5 Å². The molecular weight excluding hydrogens is 296 g/mol. The molecular formula is C17H22N2O4. The molecule has 0 bridgehead atoms. The minimum Gasteiger partial charge on any atom is -0.493 e. The van der Waals surface area contributed by atoms with Crippen molar-refractivity contribution >= 4 is 17.9 Å². The maximum absolute atomic E-state index is 12.6. The Balaban J connectivity index is 2.22. The van der Waals surface area contributed by atoms with Gasteiger partial charge in [-0.25, -0.2) is 0 Å². The molecule has 0 fully saturated rings. The second-order valence-electron chi connectivity index (χ2n) is 5.44. The lowest BCUT2D eigenvalue weighted by atomic mass is 10.1. The number of carbonyl (C=O) groups excluding carboxylic acids is 2. The first kappa shape index (κ1) is 16.9. The van der Waals surface area contributed by atoms with E-state index in [1.807, 2.05) is 25.1 Å². The fourth-order valence-electron chi connectivity index (χ4n) is 2.30. The molecule has 0 N–H and O–H groups in total. The molecule has 6 heteroatoms. The number of hydrogen-bond donors (Lipinski definition) is 0. The summed E-state index contributed by atoms with van der Waals surface area (Å²) in [5.74, 6) is 0.982. The van der Waals surface area contributed by atoms with Crippen LogP contribution in [0.1, 0.15) is 12.5 Å². The molecule has 2 amide bonds. The first-order valence-electron chi connectivity index (χ1n) is 7.47. The van der Waals surface area contributed by atoms with E-state index in [9.17, 15) is 9.59 Å². The smallest absolute Gasteiger partial charge is 0.253 e. The number of methoxy groups -OCH3 is 1. The molecule has 1 aromatic rings. The monoisotopic (exact) mass is 318 g/mol. The fraction of sp³-hybridized carbons (Fsp3) is 0.412. The third kappa shape index (κ3) is 3.64. The van der Waals surface area contributed by atoms with Gasteiger partial charge in [-0.05, 0) is 19.1 Å². The Morgan fingerprint density at radius 2 is 2.04 bits per heavy atom. The summed E-state index contributed by atoms with van der Waals surface area (Å²) in [6, 6.07) is 5.53. The van der Waals surface area contributed by atoms with Crippen molar-refractivity contribution in [1.82, 2.24) is 9.80 Å². The number of hydrogen-bond acceptors (Lipinski definition) is 4. The van der Waals surface area contributed by atoms with Crippen molar-refractivity contribution in [3.8, 4) is 11.5 Å². The number of likely N-dealkylation sites (N-methyl/N-ethyl adjacent to an activating group) is 2. The quantitative estimate of drug-likeness (QED) is 0.823. The van der Waals surface area contributed by atoms with E-state index in [0.717, 1.165) is 5.56 Å². The Morgan fingerprint density at radius 1 is 1.30 bits per heavy atom. The van der Waals surface area contributed by atoms with Gasteiger partial charge in [0, 0.05) is 26.2 Å². The van der Waals surface area contributed by atoms with Crippen LogP contribution in [-0.2, 0) is 9.59 Å². The summed E-state index contributed by atoms with van der Waals surface area (Å²) in [5, 5.41) is 0. The largest absolute Gasteiger partial charge is 0.493 e. The topological polar surface area (TPSA) is 59.1 Å². The molecule has 0 aliphatic carbocycles. The van der Waals surface area contributed by atoms with Crippen LogP contribution in [0.3, 0.4) is 0 Å². The molecule has 0 spiro atoms. The number of benzene rings is 1. The van der Waals surface area contributed by atoms with Crippen LogP contribution in [0.4, 0.5) is 0 Å². The molecule has 6 nitrogen and oxygen atoms in total. The Hall–Kier alpha value is -2.50. The van der Waals surface area contributed by atoms with Crippen molar-refractivity contribution in [2.24, 2.45) is 0 Å². The lowest BCUT2D eigenvalue weighted by Crippen LogP contribution is -2.41. The maximum Gasteiger partial charge on any atom is 0.253 e. The normalized spacial score (nSPS) is 12.6. The lowest BCUT2D eigenvalue weighted by molar-refractivity contribution is -0.137. The second kappa shape index (κ2) is 7.17. The van der Waals surface area contributed by atoms with E-state index in [1.54, 1.807) is 27.3 Å². The van der Waals surface area contributed by atoms with Crippen molar-refractivity contribution < 1.29 is 19.1 Å². The molecule has 0 aromatic heterocycles. The van der Waals surface area contributed by atoms with E-state index >= 15 is 0 Å². The van der Waals surface area contributed by atoms with E-state index in [-0.39, 0.29) is 25.0 Å². The first-order chi connectivity index (χ1) is 11.0. The molecule has 23 heavy (non-hydrogen) atoms. The Labute approximate surface area is 136 Å². The predicted octanol–water partition coefficient (Wildman–Crippen LogP) is 1.41. The van der Waals surface area contributed by atoms with Crippen LogP contribution in [0.15, 0.2) is 23.8 Å². The average Bonchev–Trinajstić information content (AvgIpc) is 2.57. The van der Waals surface area contributed by atoms with Crippen molar-refractivity contribution in [3.63, 3.8) is 0 Å². The summed E-state index contributed by atoms with van der Waals surface area (Å²) in [7, 11) is 4.92. The summed E-state index contributed by atoms with van der Waals surface area (Å²) in [6.07, 6.45) is 1.80. The van der Waals surface area contributed by atoms with Crippen LogP contribution in [0.25, 0.3) is 6.08 Å². The summed E-state index contributed by atoms with van der Waals surface area (Å²) >= 11 is 0. The number of fused-ring (bicyclic) bond motifs is 1. The molecule has 0 saturated heterocycles. The minimum atomic E-state index is -0.184. The van der Waals surface area contributed by atoms with Crippen LogP contribution >= 0.6 is 0 Å².